The fraction of sp³-hybridized carbons (Fsp3) is 0.474. The molecular weight excluding hydrogens is 334 g/mol. The quantitative estimate of drug-likeness (QED) is 0.654. The molecule has 2 saturated heterocycles. The van der Waals surface area contributed by atoms with E-state index >= 15 is 0 Å². The largest absolute Gasteiger partial charge is 0.497 e. The van der Waals surface area contributed by atoms with Crippen molar-refractivity contribution >= 4 is 5.69 Å². The van der Waals surface area contributed by atoms with Crippen molar-refractivity contribution in [2.75, 3.05) is 33.3 Å². The lowest BCUT2D eigenvalue weighted by Crippen LogP contribution is -2.28. The van der Waals surface area contributed by atoms with Crippen molar-refractivity contribution in [3.63, 3.8) is 0 Å². The number of rotatable bonds is 5. The third kappa shape index (κ3) is 3.20. The predicted molar refractivity (Wildman–Crippen MR) is 97.2 cm³/mol. The molecule has 3 heterocycles. The molecule has 1 N–H and O–H groups in total. The van der Waals surface area contributed by atoms with E-state index in [4.69, 9.17) is 9.15 Å². The van der Waals surface area contributed by atoms with Crippen molar-refractivity contribution in [1.29, 1.82) is 0 Å². The molecule has 2 aliphatic heterocycles. The maximum absolute atomic E-state index is 11.4. The van der Waals surface area contributed by atoms with Crippen LogP contribution >= 0.6 is 0 Å². The van der Waals surface area contributed by atoms with Crippen molar-refractivity contribution in [3.05, 3.63) is 46.2 Å². The number of methoxy groups -OCH3 is 1. The van der Waals surface area contributed by atoms with Crippen LogP contribution in [0.25, 0.3) is 11.3 Å². The number of hydrogen-bond acceptors (Lipinski definition) is 6. The maximum atomic E-state index is 11.4. The van der Waals surface area contributed by atoms with Crippen molar-refractivity contribution in [1.82, 2.24) is 10.2 Å². The zero-order valence-electron chi connectivity index (χ0n) is 14.9. The van der Waals surface area contributed by atoms with Gasteiger partial charge in [-0.2, -0.15) is 0 Å². The van der Waals surface area contributed by atoms with Crippen molar-refractivity contribution < 1.29 is 14.1 Å². The minimum atomic E-state index is -0.405. The number of nitro benzene ring substituents is 1. The van der Waals surface area contributed by atoms with E-state index in [2.05, 4.69) is 10.2 Å². The van der Waals surface area contributed by atoms with Crippen LogP contribution in [-0.4, -0.2) is 43.1 Å². The second-order valence-corrected chi connectivity index (χ2v) is 7.29. The van der Waals surface area contributed by atoms with Crippen LogP contribution < -0.4 is 10.1 Å². The van der Waals surface area contributed by atoms with E-state index in [-0.39, 0.29) is 5.69 Å². The fourth-order valence-electron chi connectivity index (χ4n) is 4.13. The number of hydrogen-bond donors (Lipinski definition) is 1. The van der Waals surface area contributed by atoms with Crippen molar-refractivity contribution in [2.45, 2.75) is 19.4 Å². The molecule has 0 bridgehead atoms. The Morgan fingerprint density at radius 2 is 2.23 bits per heavy atom. The molecule has 26 heavy (non-hydrogen) atoms. The Kier molecular flexibility index (Phi) is 4.42. The highest BCUT2D eigenvalue weighted by molar-refractivity contribution is 5.71. The third-order valence-corrected chi connectivity index (χ3v) is 5.56. The van der Waals surface area contributed by atoms with Gasteiger partial charge in [-0.1, -0.05) is 0 Å². The van der Waals surface area contributed by atoms with E-state index in [0.29, 0.717) is 22.5 Å². The summed E-state index contributed by atoms with van der Waals surface area (Å²) in [7, 11) is 1.49. The number of ether oxygens (including phenoxy) is 1. The molecule has 7 nitrogen and oxygen atoms in total. The molecule has 1 aromatic heterocycles. The zero-order chi connectivity index (χ0) is 18.1. The van der Waals surface area contributed by atoms with E-state index in [1.165, 1.54) is 26.0 Å². The number of benzene rings is 1. The minimum absolute atomic E-state index is 0.0117. The molecule has 0 aliphatic carbocycles. The Labute approximate surface area is 152 Å². The first-order chi connectivity index (χ1) is 12.6. The number of nitrogens with zero attached hydrogens (tertiary/aromatic N) is 2. The molecule has 0 radical (unpaired) electrons. The van der Waals surface area contributed by atoms with E-state index in [0.717, 1.165) is 38.5 Å². The third-order valence-electron chi connectivity index (χ3n) is 5.56. The van der Waals surface area contributed by atoms with Gasteiger partial charge < -0.3 is 14.5 Å². The SMILES string of the molecule is COc1ccc(-c2ccc(CN3CCC4(CCNC4)C3)o2)c([N+](=O)[O-])c1. The van der Waals surface area contributed by atoms with Gasteiger partial charge in [0, 0.05) is 13.1 Å². The lowest BCUT2D eigenvalue weighted by Gasteiger charge is -2.22. The van der Waals surface area contributed by atoms with Gasteiger partial charge >= 0.3 is 0 Å². The zero-order valence-corrected chi connectivity index (χ0v) is 14.9. The molecular formula is C19H23N3O4. The van der Waals surface area contributed by atoms with E-state index in [1.807, 2.05) is 12.1 Å². The predicted octanol–water partition coefficient (Wildman–Crippen LogP) is 3.05. The fourth-order valence-corrected chi connectivity index (χ4v) is 4.13. The molecule has 1 unspecified atom stereocenters. The summed E-state index contributed by atoms with van der Waals surface area (Å²) in [5.41, 5.74) is 0.881. The summed E-state index contributed by atoms with van der Waals surface area (Å²) in [5.74, 6) is 1.82. The standard InChI is InChI=1S/C19H23N3O4/c1-25-14-2-4-16(17(10-14)22(23)24)18-5-3-15(26-18)11-21-9-7-19(13-21)6-8-20-12-19/h2-5,10,20H,6-9,11-13H2,1H3. The minimum Gasteiger partial charge on any atom is -0.497 e. The van der Waals surface area contributed by atoms with E-state index in [1.54, 1.807) is 12.1 Å². The van der Waals surface area contributed by atoms with Crippen LogP contribution in [0.1, 0.15) is 18.6 Å². The average molecular weight is 357 g/mol. The number of likely N-dealkylation sites (tertiary alicyclic amines) is 1. The highest BCUT2D eigenvalue weighted by Gasteiger charge is 2.40. The Balaban J connectivity index is 1.51. The van der Waals surface area contributed by atoms with Crippen LogP contribution in [-0.2, 0) is 6.54 Å². The van der Waals surface area contributed by atoms with Gasteiger partial charge in [0.25, 0.3) is 5.69 Å². The van der Waals surface area contributed by atoms with Gasteiger partial charge in [0.15, 0.2) is 0 Å². The van der Waals surface area contributed by atoms with Gasteiger partial charge in [-0.05, 0) is 55.6 Å². The highest BCUT2D eigenvalue weighted by atomic mass is 16.6. The van der Waals surface area contributed by atoms with E-state index < -0.39 is 4.92 Å². The molecule has 2 aromatic rings. The Bertz CT molecular complexity index is 811. The molecule has 1 aromatic carbocycles. The summed E-state index contributed by atoms with van der Waals surface area (Å²) in [6, 6.07) is 8.54. The van der Waals surface area contributed by atoms with Crippen LogP contribution in [0.3, 0.4) is 0 Å². The molecule has 7 heteroatoms. The number of nitro groups is 1. The lowest BCUT2D eigenvalue weighted by atomic mass is 9.87. The van der Waals surface area contributed by atoms with Crippen LogP contribution in [0, 0.1) is 15.5 Å². The lowest BCUT2D eigenvalue weighted by molar-refractivity contribution is -0.384. The maximum Gasteiger partial charge on any atom is 0.284 e. The Hall–Kier alpha value is -2.38. The van der Waals surface area contributed by atoms with Crippen LogP contribution in [0.15, 0.2) is 34.7 Å². The monoisotopic (exact) mass is 357 g/mol. The summed E-state index contributed by atoms with van der Waals surface area (Å²) in [5, 5.41) is 14.9. The van der Waals surface area contributed by atoms with Crippen LogP contribution in [0.4, 0.5) is 5.69 Å². The van der Waals surface area contributed by atoms with Gasteiger partial charge in [0.2, 0.25) is 0 Å². The molecule has 2 fully saturated rings. The first-order valence-electron chi connectivity index (χ1n) is 8.93. The number of nitrogens with one attached hydrogen (secondary N) is 1. The molecule has 1 spiro atoms. The molecule has 0 saturated carbocycles. The molecule has 2 aliphatic rings. The van der Waals surface area contributed by atoms with Crippen molar-refractivity contribution in [3.8, 4) is 17.1 Å². The highest BCUT2D eigenvalue weighted by Crippen LogP contribution is 2.38. The van der Waals surface area contributed by atoms with E-state index in [9.17, 15) is 10.1 Å². The summed E-state index contributed by atoms with van der Waals surface area (Å²) in [4.78, 5) is 13.4. The molecule has 1 atom stereocenters. The summed E-state index contributed by atoms with van der Waals surface area (Å²) >= 11 is 0. The molecule has 138 valence electrons. The summed E-state index contributed by atoms with van der Waals surface area (Å²) in [6.45, 7) is 5.11. The Morgan fingerprint density at radius 1 is 1.35 bits per heavy atom. The van der Waals surface area contributed by atoms with Gasteiger partial charge in [0.1, 0.15) is 17.3 Å². The first-order valence-corrected chi connectivity index (χ1v) is 8.93. The van der Waals surface area contributed by atoms with Gasteiger partial charge in [-0.15, -0.1) is 0 Å². The second kappa shape index (κ2) is 6.74. The molecule has 0 amide bonds. The van der Waals surface area contributed by atoms with Gasteiger partial charge in [-0.25, -0.2) is 0 Å². The van der Waals surface area contributed by atoms with Crippen LogP contribution in [0.5, 0.6) is 5.75 Å². The topological polar surface area (TPSA) is 80.8 Å². The summed E-state index contributed by atoms with van der Waals surface area (Å²) < 4.78 is 11.0. The van der Waals surface area contributed by atoms with Crippen LogP contribution in [0.2, 0.25) is 0 Å². The normalized spacial score (nSPS) is 23.0. The Morgan fingerprint density at radius 3 is 2.96 bits per heavy atom. The van der Waals surface area contributed by atoms with Crippen molar-refractivity contribution in [2.24, 2.45) is 5.41 Å². The smallest absolute Gasteiger partial charge is 0.284 e. The average Bonchev–Trinajstić information content (AvgIpc) is 3.38. The van der Waals surface area contributed by atoms with Gasteiger partial charge in [0.05, 0.1) is 30.2 Å². The molecule has 4 rings (SSSR count). The summed E-state index contributed by atoms with van der Waals surface area (Å²) in [6.07, 6.45) is 2.46. The first kappa shape index (κ1) is 17.1. The number of furan rings is 1. The second-order valence-electron chi connectivity index (χ2n) is 7.29. The van der Waals surface area contributed by atoms with Gasteiger partial charge in [-0.3, -0.25) is 15.0 Å².